The van der Waals surface area contributed by atoms with Crippen molar-refractivity contribution in [2.24, 2.45) is 12.1 Å². The van der Waals surface area contributed by atoms with E-state index in [0.717, 1.165) is 0 Å². The Hall–Kier alpha value is -3.46. The molecule has 0 fully saturated rings. The second kappa shape index (κ2) is 8.49. The van der Waals surface area contributed by atoms with E-state index >= 15 is 0 Å². The van der Waals surface area contributed by atoms with Crippen LogP contribution >= 0.6 is 15.9 Å². The van der Waals surface area contributed by atoms with Gasteiger partial charge in [-0.15, -0.1) is 0 Å². The third-order valence-electron chi connectivity index (χ3n) is 3.60. The molecular formula is C19H15BrN4O4. The Bertz CT molecular complexity index is 1040. The van der Waals surface area contributed by atoms with Crippen LogP contribution in [0.4, 0.5) is 0 Å². The van der Waals surface area contributed by atoms with Gasteiger partial charge >= 0.3 is 5.97 Å². The van der Waals surface area contributed by atoms with Gasteiger partial charge in [0.15, 0.2) is 5.69 Å². The van der Waals surface area contributed by atoms with Gasteiger partial charge in [-0.05, 0) is 57.9 Å². The molecule has 9 heteroatoms. The van der Waals surface area contributed by atoms with E-state index < -0.39 is 11.9 Å². The summed E-state index contributed by atoms with van der Waals surface area (Å²) in [6.07, 6.45) is 3.08. The number of carbonyl (C=O) groups is 2. The highest BCUT2D eigenvalue weighted by molar-refractivity contribution is 9.10. The fourth-order valence-electron chi connectivity index (χ4n) is 2.27. The van der Waals surface area contributed by atoms with Gasteiger partial charge < -0.3 is 9.84 Å². The number of esters is 1. The van der Waals surface area contributed by atoms with Crippen molar-refractivity contribution in [2.45, 2.75) is 0 Å². The Labute approximate surface area is 168 Å². The number of halogens is 1. The van der Waals surface area contributed by atoms with E-state index in [-0.39, 0.29) is 17.0 Å². The van der Waals surface area contributed by atoms with Gasteiger partial charge in [-0.3, -0.25) is 9.48 Å². The van der Waals surface area contributed by atoms with Crippen LogP contribution in [0.3, 0.4) is 0 Å². The zero-order valence-electron chi connectivity index (χ0n) is 14.7. The number of phenolic OH excluding ortho intramolecular Hbond substituents is 1. The molecule has 0 spiro atoms. The minimum Gasteiger partial charge on any atom is -0.507 e. The zero-order chi connectivity index (χ0) is 20.1. The average molecular weight is 443 g/mol. The number of hydrogen-bond acceptors (Lipinski definition) is 6. The molecule has 28 heavy (non-hydrogen) atoms. The number of nitrogens with zero attached hydrogens (tertiary/aromatic N) is 3. The van der Waals surface area contributed by atoms with Crippen LogP contribution in [0.1, 0.15) is 26.4 Å². The summed E-state index contributed by atoms with van der Waals surface area (Å²) >= 11 is 3.25. The third-order valence-corrected chi connectivity index (χ3v) is 4.18. The minimum atomic E-state index is -0.580. The predicted molar refractivity (Wildman–Crippen MR) is 105 cm³/mol. The average Bonchev–Trinajstić information content (AvgIpc) is 3.01. The van der Waals surface area contributed by atoms with Gasteiger partial charge in [0.25, 0.3) is 5.91 Å². The van der Waals surface area contributed by atoms with Crippen LogP contribution in [0.15, 0.2) is 64.3 Å². The normalized spacial score (nSPS) is 10.8. The first-order valence-electron chi connectivity index (χ1n) is 8.07. The van der Waals surface area contributed by atoms with Crippen molar-refractivity contribution >= 4 is 34.0 Å². The summed E-state index contributed by atoms with van der Waals surface area (Å²) in [5.41, 5.74) is 3.32. The Morgan fingerprint density at radius 3 is 2.57 bits per heavy atom. The van der Waals surface area contributed by atoms with Crippen molar-refractivity contribution in [3.8, 4) is 11.5 Å². The number of ether oxygens (including phenoxy) is 1. The number of hydrogen-bond donors (Lipinski definition) is 2. The molecule has 142 valence electrons. The second-order valence-electron chi connectivity index (χ2n) is 5.67. The molecule has 0 aliphatic rings. The number of hydrazone groups is 1. The lowest BCUT2D eigenvalue weighted by atomic mass is 10.2. The first-order chi connectivity index (χ1) is 13.4. The van der Waals surface area contributed by atoms with E-state index in [1.165, 1.54) is 23.0 Å². The molecule has 2 aromatic carbocycles. The Balaban J connectivity index is 1.59. The van der Waals surface area contributed by atoms with Crippen LogP contribution < -0.4 is 10.2 Å². The number of rotatable bonds is 5. The lowest BCUT2D eigenvalue weighted by molar-refractivity contribution is 0.0726. The van der Waals surface area contributed by atoms with Gasteiger partial charge in [0.05, 0.1) is 16.3 Å². The quantitative estimate of drug-likeness (QED) is 0.273. The molecule has 0 saturated heterocycles. The summed E-state index contributed by atoms with van der Waals surface area (Å²) in [7, 11) is 1.70. The van der Waals surface area contributed by atoms with Crippen LogP contribution in [0.25, 0.3) is 0 Å². The predicted octanol–water partition coefficient (Wildman–Crippen LogP) is 2.87. The van der Waals surface area contributed by atoms with Crippen molar-refractivity contribution in [3.05, 3.63) is 76.0 Å². The molecule has 8 nitrogen and oxygen atoms in total. The highest BCUT2D eigenvalue weighted by Gasteiger charge is 2.16. The van der Waals surface area contributed by atoms with Crippen LogP contribution in [0.2, 0.25) is 0 Å². The standard InChI is InChI=1S/C19H15BrN4O4/c1-24-11-15(20)17(23-24)19(27)28-13-8-6-12(7-9-13)10-21-22-18(26)14-4-2-3-5-16(14)25/h2-11,25H,1H3,(H,22,26). The van der Waals surface area contributed by atoms with E-state index in [0.29, 0.717) is 15.8 Å². The fraction of sp³-hybridized carbons (Fsp3) is 0.0526. The summed E-state index contributed by atoms with van der Waals surface area (Å²) in [6.45, 7) is 0. The first kappa shape index (κ1) is 19.3. The van der Waals surface area contributed by atoms with E-state index in [9.17, 15) is 14.7 Å². The maximum absolute atomic E-state index is 12.1. The highest BCUT2D eigenvalue weighted by Crippen LogP contribution is 2.18. The van der Waals surface area contributed by atoms with Gasteiger partial charge in [0, 0.05) is 13.2 Å². The first-order valence-corrected chi connectivity index (χ1v) is 8.86. The third kappa shape index (κ3) is 4.63. The Kier molecular flexibility index (Phi) is 5.85. The fourth-order valence-corrected chi connectivity index (χ4v) is 2.80. The molecule has 0 saturated carbocycles. The number of amides is 1. The lowest BCUT2D eigenvalue weighted by Gasteiger charge is -2.03. The van der Waals surface area contributed by atoms with Crippen LogP contribution in [0.5, 0.6) is 11.5 Å². The molecule has 0 bridgehead atoms. The molecule has 3 aromatic rings. The molecule has 2 N–H and O–H groups in total. The van der Waals surface area contributed by atoms with Crippen LogP contribution in [0, 0.1) is 0 Å². The number of aromatic hydroxyl groups is 1. The number of para-hydroxylation sites is 1. The SMILES string of the molecule is Cn1cc(Br)c(C(=O)Oc2ccc(C=NNC(=O)c3ccccc3O)cc2)n1. The van der Waals surface area contributed by atoms with E-state index in [4.69, 9.17) is 4.74 Å². The number of aromatic nitrogens is 2. The van der Waals surface area contributed by atoms with E-state index in [1.54, 1.807) is 49.6 Å². The van der Waals surface area contributed by atoms with Crippen LogP contribution in [-0.2, 0) is 7.05 Å². The van der Waals surface area contributed by atoms with E-state index in [2.05, 4.69) is 31.6 Å². The topological polar surface area (TPSA) is 106 Å². The molecular weight excluding hydrogens is 428 g/mol. The van der Waals surface area contributed by atoms with Gasteiger partial charge in [-0.25, -0.2) is 10.2 Å². The largest absolute Gasteiger partial charge is 0.507 e. The molecule has 1 aromatic heterocycles. The molecule has 1 amide bonds. The summed E-state index contributed by atoms with van der Waals surface area (Å²) in [5.74, 6) is -0.886. The Morgan fingerprint density at radius 2 is 1.93 bits per heavy atom. The molecule has 0 aliphatic heterocycles. The summed E-state index contributed by atoms with van der Waals surface area (Å²) in [6, 6.07) is 12.7. The van der Waals surface area contributed by atoms with Crippen LogP contribution in [-0.4, -0.2) is 33.0 Å². The van der Waals surface area contributed by atoms with Gasteiger partial charge in [0.2, 0.25) is 0 Å². The van der Waals surface area contributed by atoms with Crippen molar-refractivity contribution in [1.82, 2.24) is 15.2 Å². The van der Waals surface area contributed by atoms with Crippen molar-refractivity contribution < 1.29 is 19.4 Å². The smallest absolute Gasteiger partial charge is 0.365 e. The molecule has 0 radical (unpaired) electrons. The number of aryl methyl sites for hydroxylation is 1. The minimum absolute atomic E-state index is 0.124. The van der Waals surface area contributed by atoms with Gasteiger partial charge in [-0.1, -0.05) is 12.1 Å². The van der Waals surface area contributed by atoms with Crippen molar-refractivity contribution in [3.63, 3.8) is 0 Å². The Morgan fingerprint density at radius 1 is 1.21 bits per heavy atom. The highest BCUT2D eigenvalue weighted by atomic mass is 79.9. The van der Waals surface area contributed by atoms with Crippen molar-refractivity contribution in [1.29, 1.82) is 0 Å². The molecule has 0 atom stereocenters. The van der Waals surface area contributed by atoms with Crippen molar-refractivity contribution in [2.75, 3.05) is 0 Å². The van der Waals surface area contributed by atoms with Gasteiger partial charge in [0.1, 0.15) is 11.5 Å². The second-order valence-corrected chi connectivity index (χ2v) is 6.53. The number of nitrogens with one attached hydrogen (secondary N) is 1. The number of benzene rings is 2. The summed E-state index contributed by atoms with van der Waals surface area (Å²) < 4.78 is 7.33. The summed E-state index contributed by atoms with van der Waals surface area (Å²) in [4.78, 5) is 24.1. The monoisotopic (exact) mass is 442 g/mol. The maximum Gasteiger partial charge on any atom is 0.365 e. The maximum atomic E-state index is 12.1. The molecule has 0 aliphatic carbocycles. The molecule has 0 unspecified atom stereocenters. The number of phenols is 1. The van der Waals surface area contributed by atoms with E-state index in [1.807, 2.05) is 0 Å². The molecule has 3 rings (SSSR count). The van der Waals surface area contributed by atoms with Gasteiger partial charge in [-0.2, -0.15) is 10.2 Å². The number of carbonyl (C=O) groups excluding carboxylic acids is 2. The zero-order valence-corrected chi connectivity index (χ0v) is 16.3. The molecule has 1 heterocycles. The lowest BCUT2D eigenvalue weighted by Crippen LogP contribution is -2.17. The summed E-state index contributed by atoms with van der Waals surface area (Å²) in [5, 5.41) is 17.5.